The summed E-state index contributed by atoms with van der Waals surface area (Å²) in [7, 11) is 0. The summed E-state index contributed by atoms with van der Waals surface area (Å²) in [5.41, 5.74) is 9.40. The normalized spacial score (nSPS) is 36.4. The van der Waals surface area contributed by atoms with Gasteiger partial charge in [-0.2, -0.15) is 0 Å². The Bertz CT molecular complexity index is 701. The number of benzene rings is 1. The summed E-state index contributed by atoms with van der Waals surface area (Å²) in [5, 5.41) is 0. The van der Waals surface area contributed by atoms with E-state index in [-0.39, 0.29) is 0 Å². The highest BCUT2D eigenvalue weighted by Gasteiger charge is 2.66. The fourth-order valence-corrected chi connectivity index (χ4v) is 5.58. The quantitative estimate of drug-likeness (QED) is 0.938. The maximum Gasteiger partial charge on any atom is 0.113 e. The molecule has 3 aliphatic rings. The Balaban J connectivity index is 1.60. The van der Waals surface area contributed by atoms with Crippen molar-refractivity contribution in [3.63, 3.8) is 0 Å². The van der Waals surface area contributed by atoms with E-state index >= 15 is 0 Å². The molecule has 4 unspecified atom stereocenters. The molecule has 2 bridgehead atoms. The van der Waals surface area contributed by atoms with Crippen LogP contribution in [0.3, 0.4) is 0 Å². The van der Waals surface area contributed by atoms with Gasteiger partial charge in [0, 0.05) is 19.0 Å². The van der Waals surface area contributed by atoms with Crippen LogP contribution in [0.5, 0.6) is 0 Å². The van der Waals surface area contributed by atoms with Crippen LogP contribution in [0.1, 0.15) is 43.5 Å². The van der Waals surface area contributed by atoms with Gasteiger partial charge < -0.3 is 10.3 Å². The molecule has 110 valence electrons. The van der Waals surface area contributed by atoms with E-state index < -0.39 is 0 Å². The van der Waals surface area contributed by atoms with Gasteiger partial charge in [-0.05, 0) is 67.6 Å². The van der Waals surface area contributed by atoms with Crippen LogP contribution >= 0.6 is 0 Å². The smallest absolute Gasteiger partial charge is 0.113 e. The fraction of sp³-hybridized carbons (Fsp3) is 0.611. The lowest BCUT2D eigenvalue weighted by Crippen LogP contribution is -2.05. The predicted octanol–water partition coefficient (Wildman–Crippen LogP) is 3.27. The zero-order valence-electron chi connectivity index (χ0n) is 12.6. The Hall–Kier alpha value is -1.35. The molecule has 3 aliphatic carbocycles. The van der Waals surface area contributed by atoms with Crippen LogP contribution in [0.4, 0.5) is 0 Å². The van der Waals surface area contributed by atoms with Crippen molar-refractivity contribution >= 4 is 11.0 Å². The average molecular weight is 281 g/mol. The molecule has 3 nitrogen and oxygen atoms in total. The van der Waals surface area contributed by atoms with Crippen molar-refractivity contribution in [3.05, 3.63) is 29.6 Å². The Morgan fingerprint density at radius 3 is 2.67 bits per heavy atom. The Labute approximate surface area is 125 Å². The molecule has 3 saturated carbocycles. The summed E-state index contributed by atoms with van der Waals surface area (Å²) in [4.78, 5) is 5.04. The van der Waals surface area contributed by atoms with E-state index in [1.54, 1.807) is 0 Å². The third kappa shape index (κ3) is 1.50. The number of hydrogen-bond donors (Lipinski definition) is 1. The highest BCUT2D eigenvalue weighted by atomic mass is 15.1. The Morgan fingerprint density at radius 2 is 2.00 bits per heavy atom. The van der Waals surface area contributed by atoms with Gasteiger partial charge in [-0.3, -0.25) is 0 Å². The molecular weight excluding hydrogens is 258 g/mol. The third-order valence-corrected chi connectivity index (χ3v) is 6.43. The van der Waals surface area contributed by atoms with Crippen LogP contribution in [0.25, 0.3) is 11.0 Å². The Morgan fingerprint density at radius 1 is 1.24 bits per heavy atom. The van der Waals surface area contributed by atoms with E-state index in [4.69, 9.17) is 10.7 Å². The van der Waals surface area contributed by atoms with E-state index in [1.807, 2.05) is 0 Å². The molecule has 0 saturated heterocycles. The molecule has 2 N–H and O–H groups in total. The number of imidazole rings is 1. The second-order valence-corrected chi connectivity index (χ2v) is 7.26. The van der Waals surface area contributed by atoms with Crippen molar-refractivity contribution in [2.75, 3.05) is 0 Å². The maximum absolute atomic E-state index is 5.78. The van der Waals surface area contributed by atoms with Gasteiger partial charge in [0.1, 0.15) is 5.82 Å². The lowest BCUT2D eigenvalue weighted by Gasteiger charge is -2.10. The highest BCUT2D eigenvalue weighted by Crippen LogP contribution is 2.72. The number of aromatic nitrogens is 2. The number of nitrogens with zero attached hydrogens (tertiary/aromatic N) is 2. The molecule has 0 amide bonds. The van der Waals surface area contributed by atoms with Crippen LogP contribution in [-0.4, -0.2) is 9.55 Å². The standard InChI is InChI=1S/C18H23N3/c1-2-21-14-6-3-10(9-19)7-13(14)20-18(21)17-15-11-4-5-12(8-11)16(15)17/h3,6-7,11-12,15-17H,2,4-5,8-9,19H2,1H3. The van der Waals surface area contributed by atoms with E-state index in [2.05, 4.69) is 29.7 Å². The predicted molar refractivity (Wildman–Crippen MR) is 83.9 cm³/mol. The zero-order valence-corrected chi connectivity index (χ0v) is 12.6. The second kappa shape index (κ2) is 4.10. The van der Waals surface area contributed by atoms with Gasteiger partial charge in [0.05, 0.1) is 11.0 Å². The van der Waals surface area contributed by atoms with Gasteiger partial charge >= 0.3 is 0 Å². The summed E-state index contributed by atoms with van der Waals surface area (Å²) < 4.78 is 2.46. The lowest BCUT2D eigenvalue weighted by atomic mass is 10.0. The van der Waals surface area contributed by atoms with Crippen LogP contribution in [0, 0.1) is 23.7 Å². The monoisotopic (exact) mass is 281 g/mol. The highest BCUT2D eigenvalue weighted by molar-refractivity contribution is 5.77. The van der Waals surface area contributed by atoms with Crippen molar-refractivity contribution in [1.29, 1.82) is 0 Å². The minimum absolute atomic E-state index is 0.600. The van der Waals surface area contributed by atoms with E-state index in [0.717, 1.165) is 41.7 Å². The summed E-state index contributed by atoms with van der Waals surface area (Å²) in [5.74, 6) is 6.06. The molecule has 1 heterocycles. The molecule has 5 rings (SSSR count). The molecule has 3 fully saturated rings. The molecule has 1 aromatic carbocycles. The van der Waals surface area contributed by atoms with Crippen molar-refractivity contribution in [1.82, 2.24) is 9.55 Å². The minimum Gasteiger partial charge on any atom is -0.328 e. The van der Waals surface area contributed by atoms with Crippen LogP contribution in [0.2, 0.25) is 0 Å². The van der Waals surface area contributed by atoms with E-state index in [0.29, 0.717) is 6.54 Å². The topological polar surface area (TPSA) is 43.8 Å². The SMILES string of the molecule is CCn1c(C2C3C4CCC(C4)C23)nc2cc(CN)ccc21. The molecule has 0 radical (unpaired) electrons. The van der Waals surface area contributed by atoms with Crippen LogP contribution in [0.15, 0.2) is 18.2 Å². The van der Waals surface area contributed by atoms with Gasteiger partial charge in [-0.25, -0.2) is 4.98 Å². The average Bonchev–Trinajstić information content (AvgIpc) is 2.86. The number of rotatable bonds is 3. The summed E-state index contributed by atoms with van der Waals surface area (Å²) in [6.45, 7) is 3.87. The maximum atomic E-state index is 5.78. The van der Waals surface area contributed by atoms with Gasteiger partial charge in [-0.15, -0.1) is 0 Å². The zero-order chi connectivity index (χ0) is 14.1. The van der Waals surface area contributed by atoms with Crippen molar-refractivity contribution < 1.29 is 0 Å². The first kappa shape index (κ1) is 12.2. The van der Waals surface area contributed by atoms with Gasteiger partial charge in [-0.1, -0.05) is 6.07 Å². The largest absolute Gasteiger partial charge is 0.328 e. The summed E-state index contributed by atoms with van der Waals surface area (Å²) in [6, 6.07) is 6.54. The van der Waals surface area contributed by atoms with Crippen molar-refractivity contribution in [2.45, 2.75) is 45.2 Å². The van der Waals surface area contributed by atoms with E-state index in [1.165, 1.54) is 36.2 Å². The van der Waals surface area contributed by atoms with Gasteiger partial charge in [0.2, 0.25) is 0 Å². The van der Waals surface area contributed by atoms with Crippen LogP contribution in [-0.2, 0) is 13.1 Å². The molecule has 3 heteroatoms. The van der Waals surface area contributed by atoms with Gasteiger partial charge in [0.25, 0.3) is 0 Å². The number of nitrogens with two attached hydrogens (primary N) is 1. The van der Waals surface area contributed by atoms with Crippen molar-refractivity contribution in [3.8, 4) is 0 Å². The minimum atomic E-state index is 0.600. The van der Waals surface area contributed by atoms with E-state index in [9.17, 15) is 0 Å². The first-order valence-electron chi connectivity index (χ1n) is 8.51. The molecule has 0 aliphatic heterocycles. The van der Waals surface area contributed by atoms with Crippen LogP contribution < -0.4 is 5.73 Å². The summed E-state index contributed by atoms with van der Waals surface area (Å²) in [6.07, 6.45) is 4.47. The molecule has 21 heavy (non-hydrogen) atoms. The molecule has 1 aromatic heterocycles. The van der Waals surface area contributed by atoms with Crippen molar-refractivity contribution in [2.24, 2.45) is 29.4 Å². The third-order valence-electron chi connectivity index (χ3n) is 6.43. The molecular formula is C18H23N3. The second-order valence-electron chi connectivity index (χ2n) is 7.26. The molecule has 0 spiro atoms. The Kier molecular flexibility index (Phi) is 2.38. The lowest BCUT2D eigenvalue weighted by molar-refractivity contribution is 0.456. The van der Waals surface area contributed by atoms with Gasteiger partial charge in [0.15, 0.2) is 0 Å². The fourth-order valence-electron chi connectivity index (χ4n) is 5.58. The number of aryl methyl sites for hydroxylation is 1. The number of fused-ring (bicyclic) bond motifs is 6. The summed E-state index contributed by atoms with van der Waals surface area (Å²) >= 11 is 0. The molecule has 4 atom stereocenters. The number of hydrogen-bond acceptors (Lipinski definition) is 2. The first-order valence-corrected chi connectivity index (χ1v) is 8.51. The molecule has 2 aromatic rings. The first-order chi connectivity index (χ1) is 10.3.